The molecule has 0 aliphatic carbocycles. The zero-order valence-corrected chi connectivity index (χ0v) is 8.10. The third-order valence-electron chi connectivity index (χ3n) is 1.68. The van der Waals surface area contributed by atoms with Gasteiger partial charge in [0.25, 0.3) is 0 Å². The zero-order valence-electron chi connectivity index (χ0n) is 8.10. The summed E-state index contributed by atoms with van der Waals surface area (Å²) in [6.45, 7) is 4.40. The van der Waals surface area contributed by atoms with Crippen LogP contribution in [0.2, 0.25) is 0 Å². The minimum absolute atomic E-state index is 0.0563. The molecule has 0 aliphatic heterocycles. The number of aldehydes is 1. The van der Waals surface area contributed by atoms with Crippen molar-refractivity contribution < 1.29 is 14.7 Å². The van der Waals surface area contributed by atoms with E-state index in [-0.39, 0.29) is 17.3 Å². The van der Waals surface area contributed by atoms with Crippen molar-refractivity contribution in [1.82, 2.24) is 9.78 Å². The van der Waals surface area contributed by atoms with Gasteiger partial charge in [-0.25, -0.2) is 4.79 Å². The van der Waals surface area contributed by atoms with Crippen LogP contribution in [0.4, 0.5) is 0 Å². The lowest BCUT2D eigenvalue weighted by atomic mass is 10.2. The number of aromatic carboxylic acids is 1. The topological polar surface area (TPSA) is 72.2 Å². The molecule has 1 rings (SSSR count). The molecule has 14 heavy (non-hydrogen) atoms. The second-order valence-corrected chi connectivity index (χ2v) is 3.45. The molecule has 0 aromatic carbocycles. The lowest BCUT2D eigenvalue weighted by Gasteiger charge is -2.06. The van der Waals surface area contributed by atoms with Gasteiger partial charge in [-0.3, -0.25) is 9.48 Å². The summed E-state index contributed by atoms with van der Waals surface area (Å²) < 4.78 is 1.34. The molecule has 0 saturated carbocycles. The van der Waals surface area contributed by atoms with Gasteiger partial charge in [-0.2, -0.15) is 5.10 Å². The minimum Gasteiger partial charge on any atom is -0.477 e. The number of carbonyl (C=O) groups excluding carboxylic acids is 1. The third-order valence-corrected chi connectivity index (χ3v) is 1.68. The van der Waals surface area contributed by atoms with Crippen molar-refractivity contribution in [2.24, 2.45) is 5.92 Å². The van der Waals surface area contributed by atoms with E-state index in [1.165, 1.54) is 10.7 Å². The number of rotatable bonds is 4. The Kier molecular flexibility index (Phi) is 3.01. The molecule has 1 aromatic rings. The predicted octanol–water partition coefficient (Wildman–Crippen LogP) is 1.05. The number of nitrogens with zero attached hydrogens (tertiary/aromatic N) is 2. The van der Waals surface area contributed by atoms with Crippen LogP contribution in [0.25, 0.3) is 0 Å². The summed E-state index contributed by atoms with van der Waals surface area (Å²) in [6, 6.07) is 1.28. The van der Waals surface area contributed by atoms with E-state index in [9.17, 15) is 9.59 Å². The van der Waals surface area contributed by atoms with Crippen LogP contribution in [-0.2, 0) is 6.54 Å². The summed E-state index contributed by atoms with van der Waals surface area (Å²) in [6.07, 6.45) is 0.545. The Morgan fingerprint density at radius 1 is 1.71 bits per heavy atom. The van der Waals surface area contributed by atoms with Gasteiger partial charge in [-0.15, -0.1) is 0 Å². The van der Waals surface area contributed by atoms with Crippen LogP contribution in [0.3, 0.4) is 0 Å². The van der Waals surface area contributed by atoms with Gasteiger partial charge in [-0.1, -0.05) is 13.8 Å². The van der Waals surface area contributed by atoms with Gasteiger partial charge in [0.15, 0.2) is 6.29 Å². The number of hydrogen-bond acceptors (Lipinski definition) is 3. The summed E-state index contributed by atoms with van der Waals surface area (Å²) >= 11 is 0. The van der Waals surface area contributed by atoms with E-state index in [0.29, 0.717) is 12.8 Å². The van der Waals surface area contributed by atoms with E-state index in [0.717, 1.165) is 0 Å². The molecule has 5 nitrogen and oxygen atoms in total. The van der Waals surface area contributed by atoms with Gasteiger partial charge in [0.2, 0.25) is 0 Å². The Morgan fingerprint density at radius 2 is 2.36 bits per heavy atom. The number of hydrogen-bond donors (Lipinski definition) is 1. The highest BCUT2D eigenvalue weighted by Gasteiger charge is 2.14. The van der Waals surface area contributed by atoms with Crippen molar-refractivity contribution in [1.29, 1.82) is 0 Å². The average molecular weight is 196 g/mol. The molecule has 0 amide bonds. The highest BCUT2D eigenvalue weighted by atomic mass is 16.4. The monoisotopic (exact) mass is 196 g/mol. The quantitative estimate of drug-likeness (QED) is 0.730. The van der Waals surface area contributed by atoms with Crippen molar-refractivity contribution in [2.75, 3.05) is 0 Å². The number of carbonyl (C=O) groups is 2. The van der Waals surface area contributed by atoms with Gasteiger partial charge in [-0.05, 0) is 5.92 Å². The number of carboxylic acids is 1. The molecule has 0 unspecified atom stereocenters. The highest BCUT2D eigenvalue weighted by molar-refractivity contribution is 5.88. The minimum atomic E-state index is -1.06. The molecule has 0 aliphatic rings. The Labute approximate surface area is 81.3 Å². The molecule has 5 heteroatoms. The van der Waals surface area contributed by atoms with Crippen LogP contribution in [-0.4, -0.2) is 27.1 Å². The summed E-state index contributed by atoms with van der Waals surface area (Å²) in [5, 5.41) is 12.7. The second kappa shape index (κ2) is 4.04. The molecule has 1 heterocycles. The molecule has 0 spiro atoms. The van der Waals surface area contributed by atoms with E-state index < -0.39 is 5.97 Å². The van der Waals surface area contributed by atoms with Gasteiger partial charge in [0, 0.05) is 12.6 Å². The smallest absolute Gasteiger partial charge is 0.354 e. The highest BCUT2D eigenvalue weighted by Crippen LogP contribution is 2.06. The predicted molar refractivity (Wildman–Crippen MR) is 49.4 cm³/mol. The molecule has 0 fully saturated rings. The maximum absolute atomic E-state index is 10.8. The second-order valence-electron chi connectivity index (χ2n) is 3.45. The summed E-state index contributed by atoms with van der Waals surface area (Å²) in [5.41, 5.74) is 0.212. The van der Waals surface area contributed by atoms with Gasteiger partial charge >= 0.3 is 5.97 Å². The normalized spacial score (nSPS) is 10.5. The van der Waals surface area contributed by atoms with Gasteiger partial charge < -0.3 is 5.11 Å². The molecular weight excluding hydrogens is 184 g/mol. The average Bonchev–Trinajstić information content (AvgIpc) is 2.46. The lowest BCUT2D eigenvalue weighted by molar-refractivity contribution is 0.0682. The molecule has 0 saturated heterocycles. The summed E-state index contributed by atoms with van der Waals surface area (Å²) in [4.78, 5) is 21.2. The molecule has 1 aromatic heterocycles. The molecule has 76 valence electrons. The molecule has 0 atom stereocenters. The van der Waals surface area contributed by atoms with E-state index in [4.69, 9.17) is 5.11 Å². The maximum Gasteiger partial charge on any atom is 0.354 e. The van der Waals surface area contributed by atoms with Crippen molar-refractivity contribution in [3.63, 3.8) is 0 Å². The number of carboxylic acid groups (broad SMARTS) is 1. The zero-order chi connectivity index (χ0) is 10.7. The van der Waals surface area contributed by atoms with E-state index in [1.54, 1.807) is 0 Å². The summed E-state index contributed by atoms with van der Waals surface area (Å²) in [7, 11) is 0. The first-order valence-corrected chi connectivity index (χ1v) is 4.31. The van der Waals surface area contributed by atoms with Crippen LogP contribution in [0.1, 0.15) is 34.8 Å². The SMILES string of the molecule is CC(C)Cn1nc(C=O)cc1C(=O)O. The van der Waals surface area contributed by atoms with Crippen LogP contribution < -0.4 is 0 Å². The fourth-order valence-electron chi connectivity index (χ4n) is 1.15. The van der Waals surface area contributed by atoms with Crippen LogP contribution in [0.15, 0.2) is 6.07 Å². The Balaban J connectivity index is 3.05. The van der Waals surface area contributed by atoms with Crippen molar-refractivity contribution in [2.45, 2.75) is 20.4 Å². The largest absolute Gasteiger partial charge is 0.477 e. The standard InChI is InChI=1S/C9H12N2O3/c1-6(2)4-11-8(9(13)14)3-7(5-12)10-11/h3,5-6H,4H2,1-2H3,(H,13,14). The van der Waals surface area contributed by atoms with Crippen molar-refractivity contribution in [3.05, 3.63) is 17.5 Å². The fourth-order valence-corrected chi connectivity index (χ4v) is 1.15. The first kappa shape index (κ1) is 10.4. The summed E-state index contributed by atoms with van der Waals surface area (Å²) in [5.74, 6) is -0.779. The van der Waals surface area contributed by atoms with E-state index in [1.807, 2.05) is 13.8 Å². The Hall–Kier alpha value is -1.65. The van der Waals surface area contributed by atoms with Gasteiger partial charge in [0.1, 0.15) is 11.4 Å². The number of aromatic nitrogens is 2. The van der Waals surface area contributed by atoms with E-state index in [2.05, 4.69) is 5.10 Å². The van der Waals surface area contributed by atoms with Crippen molar-refractivity contribution >= 4 is 12.3 Å². The Morgan fingerprint density at radius 3 is 2.79 bits per heavy atom. The molecular formula is C9H12N2O3. The molecule has 0 radical (unpaired) electrons. The van der Waals surface area contributed by atoms with Crippen molar-refractivity contribution in [3.8, 4) is 0 Å². The van der Waals surface area contributed by atoms with Gasteiger partial charge in [0.05, 0.1) is 0 Å². The van der Waals surface area contributed by atoms with Crippen LogP contribution in [0.5, 0.6) is 0 Å². The first-order chi connectivity index (χ1) is 6.54. The van der Waals surface area contributed by atoms with E-state index >= 15 is 0 Å². The fraction of sp³-hybridized carbons (Fsp3) is 0.444. The molecule has 1 N–H and O–H groups in total. The molecule has 0 bridgehead atoms. The lowest BCUT2D eigenvalue weighted by Crippen LogP contribution is -2.13. The van der Waals surface area contributed by atoms with Crippen LogP contribution >= 0.6 is 0 Å². The maximum atomic E-state index is 10.8. The van der Waals surface area contributed by atoms with Crippen LogP contribution in [0, 0.1) is 5.92 Å². The first-order valence-electron chi connectivity index (χ1n) is 4.31. The third kappa shape index (κ3) is 2.18. The Bertz CT molecular complexity index is 355.